The zero-order valence-corrected chi connectivity index (χ0v) is 23.1. The summed E-state index contributed by atoms with van der Waals surface area (Å²) >= 11 is 6.00. The second kappa shape index (κ2) is 13.1. The fraction of sp³-hybridized carbons (Fsp3) is 0.462. The van der Waals surface area contributed by atoms with Crippen molar-refractivity contribution in [3.05, 3.63) is 63.7 Å². The van der Waals surface area contributed by atoms with Crippen LogP contribution in [-0.2, 0) is 33.9 Å². The van der Waals surface area contributed by atoms with Crippen LogP contribution in [0.3, 0.4) is 0 Å². The minimum Gasteiger partial charge on any atom is -0.352 e. The number of benzene rings is 2. The molecule has 0 saturated carbocycles. The average Bonchev–Trinajstić information content (AvgIpc) is 2.87. The monoisotopic (exact) mass is 588 g/mol. The number of carbonyl (C=O) groups is 2. The Morgan fingerprint density at radius 1 is 1.15 bits per heavy atom. The first-order chi connectivity index (χ1) is 18.3. The highest BCUT2D eigenvalue weighted by atomic mass is 35.5. The van der Waals surface area contributed by atoms with Crippen molar-refractivity contribution in [1.29, 1.82) is 0 Å². The van der Waals surface area contributed by atoms with Gasteiger partial charge in [-0.2, -0.15) is 13.2 Å². The molecule has 13 heteroatoms. The zero-order chi connectivity index (χ0) is 28.8. The van der Waals surface area contributed by atoms with E-state index in [1.165, 1.54) is 37.3 Å². The van der Waals surface area contributed by atoms with Crippen LogP contribution in [0.15, 0.2) is 41.3 Å². The second-order valence-corrected chi connectivity index (χ2v) is 12.1. The molecule has 39 heavy (non-hydrogen) atoms. The Morgan fingerprint density at radius 3 is 2.56 bits per heavy atom. The maximum Gasteiger partial charge on any atom is 0.416 e. The smallest absolute Gasteiger partial charge is 0.352 e. The first-order valence-corrected chi connectivity index (χ1v) is 14.6. The standard InChI is InChI=1S/C26H32ClF3N4O4S/c1-2-39(37,38)23-8-7-20(27)12-19(23)14-32-25(36)17-5-6-18(22(13-17)26(28,29)30)15-34-11-3-4-21(16-34)33-24(35)9-10-31/h5-8,12-13,21H,2-4,9-11,14-16,31H2,1H3,(H,32,36)(H,33,35). The molecule has 0 bridgehead atoms. The molecule has 0 radical (unpaired) electrons. The summed E-state index contributed by atoms with van der Waals surface area (Å²) in [6.07, 6.45) is -3.07. The van der Waals surface area contributed by atoms with Crippen LogP contribution in [0.5, 0.6) is 0 Å². The first kappa shape index (κ1) is 30.9. The van der Waals surface area contributed by atoms with Gasteiger partial charge in [-0.15, -0.1) is 0 Å². The Labute approximate surface area is 231 Å². The molecule has 1 fully saturated rings. The van der Waals surface area contributed by atoms with Crippen LogP contribution in [0.1, 0.15) is 53.2 Å². The summed E-state index contributed by atoms with van der Waals surface area (Å²) in [7, 11) is -3.61. The van der Waals surface area contributed by atoms with Gasteiger partial charge in [0.2, 0.25) is 5.91 Å². The predicted molar refractivity (Wildman–Crippen MR) is 142 cm³/mol. The third-order valence-corrected chi connectivity index (χ3v) is 8.55. The molecule has 3 rings (SSSR count). The summed E-state index contributed by atoms with van der Waals surface area (Å²) in [4.78, 5) is 26.5. The maximum absolute atomic E-state index is 14.0. The van der Waals surface area contributed by atoms with Crippen molar-refractivity contribution in [3.63, 3.8) is 0 Å². The summed E-state index contributed by atoms with van der Waals surface area (Å²) in [6, 6.07) is 7.38. The lowest BCUT2D eigenvalue weighted by Crippen LogP contribution is -2.47. The third kappa shape index (κ3) is 8.41. The molecule has 8 nitrogen and oxygen atoms in total. The van der Waals surface area contributed by atoms with Gasteiger partial charge in [0.15, 0.2) is 9.84 Å². The number of halogens is 4. The number of hydrogen-bond donors (Lipinski definition) is 3. The van der Waals surface area contributed by atoms with E-state index < -0.39 is 27.5 Å². The number of nitrogens with one attached hydrogen (secondary N) is 2. The number of likely N-dealkylation sites (tertiary alicyclic amines) is 1. The summed E-state index contributed by atoms with van der Waals surface area (Å²) in [5.74, 6) is -1.13. The van der Waals surface area contributed by atoms with Gasteiger partial charge in [0.05, 0.1) is 16.2 Å². The van der Waals surface area contributed by atoms with Gasteiger partial charge >= 0.3 is 6.18 Å². The lowest BCUT2D eigenvalue weighted by atomic mass is 10.00. The summed E-state index contributed by atoms with van der Waals surface area (Å²) in [5, 5.41) is 5.64. The molecule has 214 valence electrons. The molecule has 1 unspecified atom stereocenters. The van der Waals surface area contributed by atoms with Crippen LogP contribution in [-0.4, -0.2) is 56.6 Å². The molecular weight excluding hydrogens is 557 g/mol. The van der Waals surface area contributed by atoms with Crippen molar-refractivity contribution in [3.8, 4) is 0 Å². The van der Waals surface area contributed by atoms with Gasteiger partial charge < -0.3 is 16.4 Å². The SMILES string of the molecule is CCS(=O)(=O)c1ccc(Cl)cc1CNC(=O)c1ccc(CN2CCCC(NC(=O)CCN)C2)c(C(F)(F)F)c1. The minimum absolute atomic E-state index is 0.0000754. The molecule has 0 aliphatic carbocycles. The molecule has 1 saturated heterocycles. The van der Waals surface area contributed by atoms with E-state index in [1.807, 2.05) is 4.90 Å². The molecule has 2 aromatic rings. The summed E-state index contributed by atoms with van der Waals surface area (Å²) in [6.45, 7) is 2.44. The van der Waals surface area contributed by atoms with Crippen LogP contribution < -0.4 is 16.4 Å². The number of sulfone groups is 1. The second-order valence-electron chi connectivity index (χ2n) is 9.39. The van der Waals surface area contributed by atoms with Crippen LogP contribution in [0.4, 0.5) is 13.2 Å². The van der Waals surface area contributed by atoms with Gasteiger partial charge in [0.25, 0.3) is 5.91 Å². The molecule has 4 N–H and O–H groups in total. The lowest BCUT2D eigenvalue weighted by Gasteiger charge is -2.33. The van der Waals surface area contributed by atoms with E-state index in [-0.39, 0.29) is 70.4 Å². The largest absolute Gasteiger partial charge is 0.416 e. The van der Waals surface area contributed by atoms with E-state index in [4.69, 9.17) is 17.3 Å². The zero-order valence-electron chi connectivity index (χ0n) is 21.5. The van der Waals surface area contributed by atoms with E-state index in [1.54, 1.807) is 0 Å². The van der Waals surface area contributed by atoms with Crippen molar-refractivity contribution in [1.82, 2.24) is 15.5 Å². The van der Waals surface area contributed by atoms with Gasteiger partial charge in [0.1, 0.15) is 0 Å². The van der Waals surface area contributed by atoms with Crippen molar-refractivity contribution in [2.24, 2.45) is 5.73 Å². The van der Waals surface area contributed by atoms with Gasteiger partial charge in [0, 0.05) is 49.2 Å². The van der Waals surface area contributed by atoms with E-state index >= 15 is 0 Å². The van der Waals surface area contributed by atoms with Crippen molar-refractivity contribution in [2.45, 2.75) is 56.4 Å². The summed E-state index contributed by atoms with van der Waals surface area (Å²) in [5.41, 5.74) is 4.52. The van der Waals surface area contributed by atoms with E-state index in [0.29, 0.717) is 19.5 Å². The molecular formula is C26H32ClF3N4O4S. The lowest BCUT2D eigenvalue weighted by molar-refractivity contribution is -0.138. The quantitative estimate of drug-likeness (QED) is 0.391. The van der Waals surface area contributed by atoms with Crippen LogP contribution >= 0.6 is 11.6 Å². The average molecular weight is 589 g/mol. The van der Waals surface area contributed by atoms with Crippen LogP contribution in [0, 0.1) is 0 Å². The Morgan fingerprint density at radius 2 is 1.90 bits per heavy atom. The van der Waals surface area contributed by atoms with Crippen LogP contribution in [0.2, 0.25) is 5.02 Å². The summed E-state index contributed by atoms with van der Waals surface area (Å²) < 4.78 is 66.8. The Hall–Kier alpha value is -2.67. The topological polar surface area (TPSA) is 122 Å². The molecule has 0 aromatic heterocycles. The Kier molecular flexibility index (Phi) is 10.4. The maximum atomic E-state index is 14.0. The molecule has 1 aliphatic heterocycles. The highest BCUT2D eigenvalue weighted by Gasteiger charge is 2.35. The van der Waals surface area contributed by atoms with Crippen molar-refractivity contribution < 1.29 is 31.2 Å². The molecule has 1 heterocycles. The number of nitrogens with zero attached hydrogens (tertiary/aromatic N) is 1. The fourth-order valence-electron chi connectivity index (χ4n) is 4.53. The first-order valence-electron chi connectivity index (χ1n) is 12.5. The Balaban J connectivity index is 1.76. The van der Waals surface area contributed by atoms with E-state index in [0.717, 1.165) is 12.5 Å². The normalized spacial score (nSPS) is 16.6. The highest BCUT2D eigenvalue weighted by molar-refractivity contribution is 7.91. The highest BCUT2D eigenvalue weighted by Crippen LogP contribution is 2.34. The number of rotatable bonds is 10. The Bertz CT molecular complexity index is 1300. The molecule has 2 amide bonds. The predicted octanol–water partition coefficient (Wildman–Crippen LogP) is 3.51. The third-order valence-electron chi connectivity index (χ3n) is 6.49. The van der Waals surface area contributed by atoms with Crippen LogP contribution in [0.25, 0.3) is 0 Å². The number of piperidine rings is 1. The molecule has 1 atom stereocenters. The van der Waals surface area contributed by atoms with Gasteiger partial charge in [-0.1, -0.05) is 24.6 Å². The molecule has 0 spiro atoms. The van der Waals surface area contributed by atoms with Gasteiger partial charge in [-0.3, -0.25) is 14.5 Å². The molecule has 2 aromatic carbocycles. The number of amides is 2. The molecule has 1 aliphatic rings. The number of carbonyl (C=O) groups excluding carboxylic acids is 2. The van der Waals surface area contributed by atoms with Crippen molar-refractivity contribution >= 4 is 33.3 Å². The number of nitrogens with two attached hydrogens (primary N) is 1. The van der Waals surface area contributed by atoms with Crippen molar-refractivity contribution in [2.75, 3.05) is 25.4 Å². The van der Waals surface area contributed by atoms with E-state index in [2.05, 4.69) is 10.6 Å². The van der Waals surface area contributed by atoms with Gasteiger partial charge in [-0.05, 0) is 60.8 Å². The number of alkyl halides is 3. The number of hydrogen-bond acceptors (Lipinski definition) is 6. The van der Waals surface area contributed by atoms with E-state index in [9.17, 15) is 31.2 Å². The fourth-order valence-corrected chi connectivity index (χ4v) is 5.84. The minimum atomic E-state index is -4.70. The van der Waals surface area contributed by atoms with Gasteiger partial charge in [-0.25, -0.2) is 8.42 Å².